The van der Waals surface area contributed by atoms with Gasteiger partial charge in [-0.1, -0.05) is 42.8 Å². The first-order chi connectivity index (χ1) is 13.4. The third-order valence-corrected chi connectivity index (χ3v) is 4.92. The van der Waals surface area contributed by atoms with Crippen LogP contribution in [0, 0.1) is 11.3 Å². The number of carbonyl (C=O) groups is 3. The molecule has 3 rings (SSSR count). The van der Waals surface area contributed by atoms with E-state index in [4.69, 9.17) is 16.9 Å². The SMILES string of the molecule is CC[C@@]1(c2ccc(Cl)cc2)NC(=O)N(CC(=O)Nc2ccccc2C#N)C1=O. The molecule has 142 valence electrons. The molecule has 0 unspecified atom stereocenters. The zero-order chi connectivity index (χ0) is 20.3. The smallest absolute Gasteiger partial charge is 0.323 e. The largest absolute Gasteiger partial charge is 0.325 e. The molecule has 4 amide bonds. The van der Waals surface area contributed by atoms with Crippen LogP contribution in [0.2, 0.25) is 5.02 Å². The molecular weight excluding hydrogens is 380 g/mol. The standard InChI is InChI=1S/C20H17ClN4O3/c1-2-20(14-7-9-15(21)10-8-14)18(27)25(19(28)24-20)12-17(26)23-16-6-4-3-5-13(16)11-22/h3-10H,2,12H2,1H3,(H,23,26)(H,24,28)/t20-/m0/s1. The second-order valence-electron chi connectivity index (χ2n) is 6.29. The maximum absolute atomic E-state index is 13.0. The highest BCUT2D eigenvalue weighted by molar-refractivity contribution is 6.30. The minimum absolute atomic E-state index is 0.289. The lowest BCUT2D eigenvalue weighted by molar-refractivity contribution is -0.134. The molecule has 7 nitrogen and oxygen atoms in total. The van der Waals surface area contributed by atoms with Crippen molar-refractivity contribution in [2.24, 2.45) is 0 Å². The van der Waals surface area contributed by atoms with Crippen molar-refractivity contribution < 1.29 is 14.4 Å². The summed E-state index contributed by atoms with van der Waals surface area (Å²) >= 11 is 5.91. The normalized spacial score (nSPS) is 18.5. The highest BCUT2D eigenvalue weighted by Crippen LogP contribution is 2.33. The van der Waals surface area contributed by atoms with Crippen molar-refractivity contribution in [1.29, 1.82) is 5.26 Å². The van der Waals surface area contributed by atoms with Crippen LogP contribution in [-0.2, 0) is 15.1 Å². The molecule has 0 bridgehead atoms. The summed E-state index contributed by atoms with van der Waals surface area (Å²) in [6.07, 6.45) is 0.314. The third kappa shape index (κ3) is 3.42. The van der Waals surface area contributed by atoms with Crippen LogP contribution in [0.15, 0.2) is 48.5 Å². The van der Waals surface area contributed by atoms with E-state index in [1.165, 1.54) is 0 Å². The van der Waals surface area contributed by atoms with Crippen LogP contribution in [0.1, 0.15) is 24.5 Å². The van der Waals surface area contributed by atoms with Gasteiger partial charge in [-0.15, -0.1) is 0 Å². The number of halogens is 1. The summed E-state index contributed by atoms with van der Waals surface area (Å²) in [4.78, 5) is 38.8. The summed E-state index contributed by atoms with van der Waals surface area (Å²) in [7, 11) is 0. The molecule has 8 heteroatoms. The number of nitrogens with zero attached hydrogens (tertiary/aromatic N) is 2. The van der Waals surface area contributed by atoms with Gasteiger partial charge in [-0.25, -0.2) is 4.79 Å². The Morgan fingerprint density at radius 1 is 1.21 bits per heavy atom. The van der Waals surface area contributed by atoms with Gasteiger partial charge < -0.3 is 10.6 Å². The minimum Gasteiger partial charge on any atom is -0.323 e. The van der Waals surface area contributed by atoms with E-state index < -0.39 is 29.9 Å². The molecule has 0 spiro atoms. The number of anilines is 1. The van der Waals surface area contributed by atoms with Gasteiger partial charge in [0.2, 0.25) is 5.91 Å². The molecule has 1 heterocycles. The molecule has 2 aromatic rings. The van der Waals surface area contributed by atoms with Gasteiger partial charge in [0.05, 0.1) is 11.3 Å². The lowest BCUT2D eigenvalue weighted by Crippen LogP contribution is -2.44. The Hall–Kier alpha value is -3.37. The zero-order valence-corrected chi connectivity index (χ0v) is 15.8. The van der Waals surface area contributed by atoms with Crippen LogP contribution in [-0.4, -0.2) is 29.3 Å². The average Bonchev–Trinajstić information content (AvgIpc) is 2.94. The number of urea groups is 1. The molecule has 1 fully saturated rings. The Kier molecular flexibility index (Phi) is 5.34. The Balaban J connectivity index is 1.80. The van der Waals surface area contributed by atoms with Crippen LogP contribution in [0.4, 0.5) is 10.5 Å². The molecule has 0 radical (unpaired) electrons. The van der Waals surface area contributed by atoms with Gasteiger partial charge in [0.25, 0.3) is 5.91 Å². The van der Waals surface area contributed by atoms with Crippen LogP contribution in [0.5, 0.6) is 0 Å². The number of carbonyl (C=O) groups excluding carboxylic acids is 3. The van der Waals surface area contributed by atoms with Gasteiger partial charge in [-0.2, -0.15) is 5.26 Å². The lowest BCUT2D eigenvalue weighted by atomic mass is 9.87. The molecule has 1 saturated heterocycles. The predicted molar refractivity (Wildman–Crippen MR) is 103 cm³/mol. The van der Waals surface area contributed by atoms with Crippen LogP contribution in [0.3, 0.4) is 0 Å². The quantitative estimate of drug-likeness (QED) is 0.758. The summed E-state index contributed by atoms with van der Waals surface area (Å²) in [5.74, 6) is -1.08. The number of nitriles is 1. The van der Waals surface area contributed by atoms with Crippen molar-refractivity contribution in [3.8, 4) is 6.07 Å². The number of hydrogen-bond donors (Lipinski definition) is 2. The molecule has 1 aliphatic rings. The van der Waals surface area contributed by atoms with Crippen molar-refractivity contribution in [2.75, 3.05) is 11.9 Å². The monoisotopic (exact) mass is 396 g/mol. The van der Waals surface area contributed by atoms with Crippen molar-refractivity contribution >= 4 is 35.1 Å². The van der Waals surface area contributed by atoms with Gasteiger partial charge in [-0.05, 0) is 36.2 Å². The van der Waals surface area contributed by atoms with Crippen molar-refractivity contribution in [2.45, 2.75) is 18.9 Å². The average molecular weight is 397 g/mol. The number of amides is 4. The summed E-state index contributed by atoms with van der Waals surface area (Å²) in [6, 6.07) is 14.4. The molecule has 1 aliphatic heterocycles. The maximum Gasteiger partial charge on any atom is 0.325 e. The number of nitrogens with one attached hydrogen (secondary N) is 2. The van der Waals surface area contributed by atoms with Crippen molar-refractivity contribution in [1.82, 2.24) is 10.2 Å². The second kappa shape index (κ2) is 7.71. The maximum atomic E-state index is 13.0. The molecule has 28 heavy (non-hydrogen) atoms. The van der Waals surface area contributed by atoms with E-state index in [0.29, 0.717) is 22.7 Å². The molecule has 0 aromatic heterocycles. The predicted octanol–water partition coefficient (Wildman–Crippen LogP) is 3.01. The van der Waals surface area contributed by atoms with Crippen molar-refractivity contribution in [3.63, 3.8) is 0 Å². The number of para-hydroxylation sites is 1. The third-order valence-electron chi connectivity index (χ3n) is 4.67. The molecule has 0 saturated carbocycles. The van der Waals surface area contributed by atoms with E-state index in [0.717, 1.165) is 4.90 Å². The molecule has 0 aliphatic carbocycles. The highest BCUT2D eigenvalue weighted by atomic mass is 35.5. The van der Waals surface area contributed by atoms with Crippen LogP contribution in [0.25, 0.3) is 0 Å². The summed E-state index contributed by atoms with van der Waals surface area (Å²) < 4.78 is 0. The van der Waals surface area contributed by atoms with Gasteiger partial charge in [0.1, 0.15) is 18.2 Å². The zero-order valence-electron chi connectivity index (χ0n) is 15.0. The fourth-order valence-electron chi connectivity index (χ4n) is 3.17. The van der Waals surface area contributed by atoms with E-state index in [2.05, 4.69) is 10.6 Å². The Labute approximate surface area is 166 Å². The van der Waals surface area contributed by atoms with E-state index in [9.17, 15) is 14.4 Å². The van der Waals surface area contributed by atoms with Gasteiger partial charge in [0.15, 0.2) is 0 Å². The number of imide groups is 1. The number of rotatable bonds is 5. The highest BCUT2D eigenvalue weighted by Gasteiger charge is 2.51. The summed E-state index contributed by atoms with van der Waals surface area (Å²) in [5, 5.41) is 14.9. The fraction of sp³-hybridized carbons (Fsp3) is 0.200. The fourth-order valence-corrected chi connectivity index (χ4v) is 3.29. The minimum atomic E-state index is -1.24. The van der Waals surface area contributed by atoms with E-state index in [1.54, 1.807) is 55.5 Å². The summed E-state index contributed by atoms with van der Waals surface area (Å²) in [5.41, 5.74) is -0.0407. The van der Waals surface area contributed by atoms with E-state index in [1.807, 2.05) is 6.07 Å². The Bertz CT molecular complexity index is 984. The van der Waals surface area contributed by atoms with Gasteiger partial charge >= 0.3 is 6.03 Å². The first-order valence-corrected chi connectivity index (χ1v) is 8.98. The lowest BCUT2D eigenvalue weighted by Gasteiger charge is -2.25. The van der Waals surface area contributed by atoms with Crippen LogP contribution < -0.4 is 10.6 Å². The van der Waals surface area contributed by atoms with E-state index in [-0.39, 0.29) is 5.56 Å². The Morgan fingerprint density at radius 2 is 1.89 bits per heavy atom. The first kappa shape index (κ1) is 19.4. The number of hydrogen-bond acceptors (Lipinski definition) is 4. The molecule has 1 atom stereocenters. The summed E-state index contributed by atoms with van der Waals surface area (Å²) in [6.45, 7) is 1.32. The van der Waals surface area contributed by atoms with Crippen LogP contribution >= 0.6 is 11.6 Å². The Morgan fingerprint density at radius 3 is 2.54 bits per heavy atom. The molecular formula is C20H17ClN4O3. The molecule has 2 aromatic carbocycles. The van der Waals surface area contributed by atoms with Gasteiger partial charge in [-0.3, -0.25) is 14.5 Å². The van der Waals surface area contributed by atoms with E-state index >= 15 is 0 Å². The topological polar surface area (TPSA) is 102 Å². The molecule has 2 N–H and O–H groups in total. The first-order valence-electron chi connectivity index (χ1n) is 8.60. The second-order valence-corrected chi connectivity index (χ2v) is 6.73. The number of benzene rings is 2. The van der Waals surface area contributed by atoms with Gasteiger partial charge in [0, 0.05) is 5.02 Å². The van der Waals surface area contributed by atoms with Crippen molar-refractivity contribution in [3.05, 3.63) is 64.7 Å².